The highest BCUT2D eigenvalue weighted by Crippen LogP contribution is 2.54. The summed E-state index contributed by atoms with van der Waals surface area (Å²) in [6.07, 6.45) is -12.6. The summed E-state index contributed by atoms with van der Waals surface area (Å²) in [5.74, 6) is -2.66. The average Bonchev–Trinajstić information content (AvgIpc) is 3.15. The maximum atomic E-state index is 13.8. The van der Waals surface area contributed by atoms with E-state index in [1.165, 1.54) is 25.1 Å². The summed E-state index contributed by atoms with van der Waals surface area (Å²) in [7, 11) is -3.58. The lowest BCUT2D eigenvalue weighted by molar-refractivity contribution is -0.303. The van der Waals surface area contributed by atoms with Gasteiger partial charge in [0.2, 0.25) is 5.91 Å². The van der Waals surface area contributed by atoms with Crippen LogP contribution in [-0.2, 0) is 36.2 Å². The molecule has 2 amide bonds. The number of Topliss-reactive ketones (excluding diaryl/α,β-unsaturated/α-hetero) is 1. The van der Waals surface area contributed by atoms with E-state index in [4.69, 9.17) is 0 Å². The summed E-state index contributed by atoms with van der Waals surface area (Å²) in [6.45, 7) is 1.72. The number of halogens is 6. The molecule has 7 nitrogen and oxygen atoms in total. The van der Waals surface area contributed by atoms with Gasteiger partial charge in [-0.05, 0) is 47.9 Å². The van der Waals surface area contributed by atoms with Crippen LogP contribution in [0.1, 0.15) is 43.0 Å². The van der Waals surface area contributed by atoms with Crippen LogP contribution >= 0.6 is 0 Å². The van der Waals surface area contributed by atoms with Gasteiger partial charge in [0.15, 0.2) is 15.3 Å². The highest BCUT2D eigenvalue weighted by molar-refractivity contribution is 7.90. The first-order valence-corrected chi connectivity index (χ1v) is 12.8. The molecule has 1 unspecified atom stereocenters. The molecule has 3 rings (SSSR count). The predicted molar refractivity (Wildman–Crippen MR) is 123 cm³/mol. The van der Waals surface area contributed by atoms with E-state index >= 15 is 0 Å². The molecule has 2 aromatic carbocycles. The highest BCUT2D eigenvalue weighted by atomic mass is 32.2. The molecule has 0 aromatic heterocycles. The van der Waals surface area contributed by atoms with E-state index < -0.39 is 63.2 Å². The van der Waals surface area contributed by atoms with Crippen LogP contribution in [-0.4, -0.2) is 49.5 Å². The summed E-state index contributed by atoms with van der Waals surface area (Å²) >= 11 is 0. The number of rotatable bonds is 6. The maximum absolute atomic E-state index is 13.8. The Morgan fingerprint density at radius 3 is 1.95 bits per heavy atom. The van der Waals surface area contributed by atoms with E-state index in [9.17, 15) is 49.1 Å². The molecular formula is C24H22F6N2O5S. The Morgan fingerprint density at radius 1 is 0.947 bits per heavy atom. The Labute approximate surface area is 213 Å². The molecule has 1 heterocycles. The number of carbonyl (C=O) groups excluding carboxylic acids is 3. The molecule has 1 aliphatic rings. The van der Waals surface area contributed by atoms with Crippen LogP contribution in [0, 0.1) is 0 Å². The fourth-order valence-electron chi connectivity index (χ4n) is 4.45. The van der Waals surface area contributed by atoms with Crippen LogP contribution in [0.3, 0.4) is 0 Å². The lowest BCUT2D eigenvalue weighted by atomic mass is 9.75. The number of hydrogen-bond acceptors (Lipinski definition) is 5. The largest absolute Gasteiger partial charge is 0.407 e. The van der Waals surface area contributed by atoms with Crippen molar-refractivity contribution in [2.75, 3.05) is 11.6 Å². The third kappa shape index (κ3) is 5.26. The normalized spacial score (nSPS) is 16.2. The van der Waals surface area contributed by atoms with Crippen molar-refractivity contribution in [3.05, 3.63) is 59.2 Å². The monoisotopic (exact) mass is 564 g/mol. The van der Waals surface area contributed by atoms with Gasteiger partial charge in [-0.15, -0.1) is 0 Å². The number of sulfone groups is 1. The van der Waals surface area contributed by atoms with Crippen molar-refractivity contribution in [1.82, 2.24) is 4.90 Å². The van der Waals surface area contributed by atoms with Crippen molar-refractivity contribution in [1.29, 1.82) is 0 Å². The van der Waals surface area contributed by atoms with E-state index in [1.807, 2.05) is 0 Å². The Bertz CT molecular complexity index is 1370. The minimum absolute atomic E-state index is 0.0280. The van der Waals surface area contributed by atoms with Gasteiger partial charge in [-0.2, -0.15) is 26.3 Å². The van der Waals surface area contributed by atoms with E-state index in [-0.39, 0.29) is 17.1 Å². The van der Waals surface area contributed by atoms with Crippen LogP contribution in [0.2, 0.25) is 0 Å². The minimum atomic E-state index is -5.85. The number of amides is 2. The first-order chi connectivity index (χ1) is 17.3. The third-order valence-electron chi connectivity index (χ3n) is 6.27. The van der Waals surface area contributed by atoms with Crippen LogP contribution in [0.4, 0.5) is 32.0 Å². The van der Waals surface area contributed by atoms with Crippen LogP contribution < -0.4 is 5.32 Å². The van der Waals surface area contributed by atoms with E-state index in [1.54, 1.807) is 0 Å². The number of alkyl halides is 6. The summed E-state index contributed by atoms with van der Waals surface area (Å²) in [4.78, 5) is 37.8. The van der Waals surface area contributed by atoms with Gasteiger partial charge < -0.3 is 10.2 Å². The molecule has 1 N–H and O–H groups in total. The molecule has 0 bridgehead atoms. The number of hydrogen-bond donors (Lipinski definition) is 1. The van der Waals surface area contributed by atoms with E-state index in [0.717, 1.165) is 23.3 Å². The lowest BCUT2D eigenvalue weighted by Gasteiger charge is -2.37. The zero-order valence-corrected chi connectivity index (χ0v) is 21.0. The summed E-state index contributed by atoms with van der Waals surface area (Å²) in [6, 6.07) is 5.46. The van der Waals surface area contributed by atoms with Crippen LogP contribution in [0.25, 0.3) is 0 Å². The first kappa shape index (κ1) is 29.1. The molecule has 14 heteroatoms. The summed E-state index contributed by atoms with van der Waals surface area (Å²) in [5.41, 5.74) is -5.12. The van der Waals surface area contributed by atoms with E-state index in [2.05, 4.69) is 5.32 Å². The smallest absolute Gasteiger partial charge is 0.324 e. The quantitative estimate of drug-likeness (QED) is 0.522. The number of benzene rings is 2. The van der Waals surface area contributed by atoms with Crippen molar-refractivity contribution in [2.24, 2.45) is 0 Å². The van der Waals surface area contributed by atoms with Crippen molar-refractivity contribution in [2.45, 2.75) is 55.5 Å². The second-order valence-corrected chi connectivity index (χ2v) is 11.0. The maximum Gasteiger partial charge on any atom is 0.407 e. The van der Waals surface area contributed by atoms with Gasteiger partial charge in [-0.3, -0.25) is 14.4 Å². The molecule has 1 atom stereocenters. The molecule has 38 heavy (non-hydrogen) atoms. The zero-order valence-electron chi connectivity index (χ0n) is 20.2. The molecule has 0 saturated carbocycles. The Morgan fingerprint density at radius 2 is 1.50 bits per heavy atom. The standard InChI is InChI=1S/C24H22F6N2O5S/c1-13(33)11-22(23(25,26)27,24(28,29)30)16-4-6-17(7-5-16)31-21(35)20-19-9-8-18(38(3,36)37)10-15(19)12-32(20)14(2)34/h4-10,20H,11-12H2,1-3H3,(H,31,35). The van der Waals surface area contributed by atoms with Gasteiger partial charge >= 0.3 is 12.4 Å². The predicted octanol–water partition coefficient (Wildman–Crippen LogP) is 4.47. The number of nitrogens with zero attached hydrogens (tertiary/aromatic N) is 1. The van der Waals surface area contributed by atoms with Crippen molar-refractivity contribution in [3.63, 3.8) is 0 Å². The molecule has 0 spiro atoms. The van der Waals surface area contributed by atoms with Gasteiger partial charge in [-0.1, -0.05) is 18.2 Å². The third-order valence-corrected chi connectivity index (χ3v) is 7.38. The molecule has 1 aliphatic heterocycles. The average molecular weight is 565 g/mol. The lowest BCUT2D eigenvalue weighted by Crippen LogP contribution is -2.55. The number of fused-ring (bicyclic) bond motifs is 1. The van der Waals surface area contributed by atoms with Gasteiger partial charge in [0.1, 0.15) is 11.8 Å². The van der Waals surface area contributed by atoms with E-state index in [0.29, 0.717) is 30.2 Å². The minimum Gasteiger partial charge on any atom is -0.324 e. The van der Waals surface area contributed by atoms with Gasteiger partial charge in [0, 0.05) is 31.8 Å². The van der Waals surface area contributed by atoms with Crippen molar-refractivity contribution in [3.8, 4) is 0 Å². The van der Waals surface area contributed by atoms with Gasteiger partial charge in [0.05, 0.1) is 4.90 Å². The molecule has 2 aromatic rings. The fraction of sp³-hybridized carbons (Fsp3) is 0.375. The van der Waals surface area contributed by atoms with Crippen molar-refractivity contribution >= 4 is 33.1 Å². The molecule has 0 aliphatic carbocycles. The van der Waals surface area contributed by atoms with Gasteiger partial charge in [0.25, 0.3) is 5.91 Å². The van der Waals surface area contributed by atoms with Crippen LogP contribution in [0.15, 0.2) is 47.4 Å². The Kier molecular flexibility index (Phi) is 7.45. The first-order valence-electron chi connectivity index (χ1n) is 10.9. The number of ketones is 1. The number of nitrogens with one attached hydrogen (secondary N) is 1. The van der Waals surface area contributed by atoms with Gasteiger partial charge in [-0.25, -0.2) is 8.42 Å². The number of carbonyl (C=O) groups is 3. The molecule has 206 valence electrons. The second kappa shape index (κ2) is 9.71. The Hall–Kier alpha value is -3.42. The molecule has 0 radical (unpaired) electrons. The summed E-state index contributed by atoms with van der Waals surface area (Å²) < 4.78 is 106. The van der Waals surface area contributed by atoms with Crippen LogP contribution in [0.5, 0.6) is 0 Å². The Balaban J connectivity index is 1.97. The highest BCUT2D eigenvalue weighted by Gasteiger charge is 2.71. The fourth-order valence-corrected chi connectivity index (χ4v) is 5.12. The van der Waals surface area contributed by atoms with Crippen molar-refractivity contribution < 1.29 is 49.1 Å². The topological polar surface area (TPSA) is 101 Å². The second-order valence-electron chi connectivity index (χ2n) is 9.03. The molecular weight excluding hydrogens is 542 g/mol. The number of anilines is 1. The molecule has 0 saturated heterocycles. The zero-order chi connectivity index (χ0) is 28.8. The molecule has 0 fully saturated rings. The SMILES string of the molecule is CC(=O)CC(c1ccc(NC(=O)C2c3ccc(S(C)(=O)=O)cc3CN2C(C)=O)cc1)(C(F)(F)F)C(F)(F)F. The summed E-state index contributed by atoms with van der Waals surface area (Å²) in [5, 5.41) is 2.37.